The first-order chi connectivity index (χ1) is 10.3. The third-order valence-electron chi connectivity index (χ3n) is 3.10. The number of esters is 1. The van der Waals surface area contributed by atoms with Crippen molar-refractivity contribution in [3.63, 3.8) is 0 Å². The van der Waals surface area contributed by atoms with E-state index >= 15 is 0 Å². The maximum absolute atomic E-state index is 12.3. The smallest absolute Gasteiger partial charge is 0.328 e. The van der Waals surface area contributed by atoms with Gasteiger partial charge >= 0.3 is 5.97 Å². The molecule has 6 nitrogen and oxygen atoms in total. The average molecular weight is 312 g/mol. The number of hydrogen-bond acceptors (Lipinski definition) is 4. The molecule has 0 aromatic carbocycles. The minimum atomic E-state index is -0.708. The van der Waals surface area contributed by atoms with E-state index < -0.39 is 18.1 Å². The monoisotopic (exact) mass is 312 g/mol. The van der Waals surface area contributed by atoms with E-state index in [4.69, 9.17) is 4.74 Å². The molecule has 0 bridgehead atoms. The molecule has 0 aromatic rings. The molecule has 0 unspecified atom stereocenters. The van der Waals surface area contributed by atoms with Gasteiger partial charge in [0, 0.05) is 6.92 Å². The summed E-state index contributed by atoms with van der Waals surface area (Å²) in [4.78, 5) is 35.3. The number of amides is 2. The van der Waals surface area contributed by atoms with Gasteiger partial charge in [-0.2, -0.15) is 0 Å². The molecule has 0 rings (SSSR count). The predicted molar refractivity (Wildman–Crippen MR) is 85.1 cm³/mol. The lowest BCUT2D eigenvalue weighted by molar-refractivity contribution is -0.145. The van der Waals surface area contributed by atoms with Crippen molar-refractivity contribution in [3.05, 3.63) is 12.7 Å². The van der Waals surface area contributed by atoms with Crippen LogP contribution < -0.4 is 10.6 Å². The van der Waals surface area contributed by atoms with Crippen LogP contribution in [0.25, 0.3) is 0 Å². The molecule has 0 spiro atoms. The molecule has 2 N–H and O–H groups in total. The van der Waals surface area contributed by atoms with Crippen LogP contribution >= 0.6 is 0 Å². The van der Waals surface area contributed by atoms with Crippen LogP contribution in [-0.4, -0.2) is 37.0 Å². The minimum absolute atomic E-state index is 0.236. The lowest BCUT2D eigenvalue weighted by Gasteiger charge is -2.23. The molecule has 0 saturated carbocycles. The standard InChI is InChI=1S/C16H28N2O4/c1-6-7-8-9-13(16(21)22-5)18-15(20)14(10-11(2)3)17-12(4)19/h6,11,13-14H,1,7-10H2,2-5H3,(H,17,19)(H,18,20)/t13-,14-/m0/s1. The Bertz CT molecular complexity index is 394. The summed E-state index contributed by atoms with van der Waals surface area (Å²) >= 11 is 0. The molecule has 6 heteroatoms. The molecule has 2 atom stereocenters. The number of nitrogens with one attached hydrogen (secondary N) is 2. The summed E-state index contributed by atoms with van der Waals surface area (Å²) in [5.74, 6) is -0.886. The van der Waals surface area contributed by atoms with Crippen molar-refractivity contribution >= 4 is 17.8 Å². The summed E-state index contributed by atoms with van der Waals surface area (Å²) in [6.45, 7) is 8.91. The average Bonchev–Trinajstić information content (AvgIpc) is 2.43. The number of unbranched alkanes of at least 4 members (excludes halogenated alkanes) is 1. The molecule has 0 aliphatic heterocycles. The van der Waals surface area contributed by atoms with Crippen LogP contribution in [0.15, 0.2) is 12.7 Å². The number of methoxy groups -OCH3 is 1. The molecule has 0 heterocycles. The second-order valence-corrected chi connectivity index (χ2v) is 5.69. The van der Waals surface area contributed by atoms with Crippen molar-refractivity contribution in [2.24, 2.45) is 5.92 Å². The van der Waals surface area contributed by atoms with E-state index in [0.717, 1.165) is 12.8 Å². The Morgan fingerprint density at radius 2 is 1.82 bits per heavy atom. The van der Waals surface area contributed by atoms with Crippen molar-refractivity contribution in [2.75, 3.05) is 7.11 Å². The van der Waals surface area contributed by atoms with Gasteiger partial charge in [-0.1, -0.05) is 19.9 Å². The number of carbonyl (C=O) groups excluding carboxylic acids is 3. The summed E-state index contributed by atoms with van der Waals surface area (Å²) < 4.78 is 4.72. The van der Waals surface area contributed by atoms with E-state index in [2.05, 4.69) is 17.2 Å². The van der Waals surface area contributed by atoms with Crippen LogP contribution in [0, 0.1) is 5.92 Å². The Labute approximate surface area is 132 Å². The lowest BCUT2D eigenvalue weighted by Crippen LogP contribution is -2.51. The Morgan fingerprint density at radius 1 is 1.18 bits per heavy atom. The first kappa shape index (κ1) is 20.1. The molecule has 0 aliphatic carbocycles. The van der Waals surface area contributed by atoms with Gasteiger partial charge in [-0.25, -0.2) is 4.79 Å². The molecule has 126 valence electrons. The van der Waals surface area contributed by atoms with Gasteiger partial charge in [-0.05, 0) is 31.6 Å². The largest absolute Gasteiger partial charge is 0.467 e. The van der Waals surface area contributed by atoms with Crippen molar-refractivity contribution in [2.45, 2.75) is 58.5 Å². The molecule has 22 heavy (non-hydrogen) atoms. The Morgan fingerprint density at radius 3 is 2.27 bits per heavy atom. The number of hydrogen-bond donors (Lipinski definition) is 2. The van der Waals surface area contributed by atoms with E-state index in [1.807, 2.05) is 13.8 Å². The Balaban J connectivity index is 4.81. The molecule has 0 fully saturated rings. The van der Waals surface area contributed by atoms with Gasteiger partial charge in [-0.15, -0.1) is 6.58 Å². The third kappa shape index (κ3) is 8.44. The van der Waals surface area contributed by atoms with Crippen LogP contribution in [0.5, 0.6) is 0 Å². The molecular formula is C16H28N2O4. The van der Waals surface area contributed by atoms with Crippen molar-refractivity contribution in [3.8, 4) is 0 Å². The highest BCUT2D eigenvalue weighted by atomic mass is 16.5. The third-order valence-corrected chi connectivity index (χ3v) is 3.10. The van der Waals surface area contributed by atoms with E-state index in [0.29, 0.717) is 12.8 Å². The topological polar surface area (TPSA) is 84.5 Å². The summed E-state index contributed by atoms with van der Waals surface area (Å²) in [6, 6.07) is -1.36. The zero-order valence-corrected chi connectivity index (χ0v) is 14.0. The van der Waals surface area contributed by atoms with Gasteiger partial charge in [0.1, 0.15) is 12.1 Å². The summed E-state index contributed by atoms with van der Waals surface area (Å²) in [5.41, 5.74) is 0. The minimum Gasteiger partial charge on any atom is -0.467 e. The fourth-order valence-corrected chi connectivity index (χ4v) is 2.08. The highest BCUT2D eigenvalue weighted by Crippen LogP contribution is 2.08. The molecular weight excluding hydrogens is 284 g/mol. The normalized spacial score (nSPS) is 13.1. The highest BCUT2D eigenvalue weighted by molar-refractivity contribution is 5.90. The fraction of sp³-hybridized carbons (Fsp3) is 0.688. The number of allylic oxidation sites excluding steroid dienone is 1. The van der Waals surface area contributed by atoms with Gasteiger partial charge in [0.15, 0.2) is 0 Å². The van der Waals surface area contributed by atoms with Crippen LogP contribution in [0.4, 0.5) is 0 Å². The molecule has 0 saturated heterocycles. The van der Waals surface area contributed by atoms with E-state index in [1.54, 1.807) is 6.08 Å². The van der Waals surface area contributed by atoms with Crippen LogP contribution in [-0.2, 0) is 19.1 Å². The van der Waals surface area contributed by atoms with Crippen LogP contribution in [0.3, 0.4) is 0 Å². The van der Waals surface area contributed by atoms with Crippen LogP contribution in [0.1, 0.15) is 46.5 Å². The first-order valence-electron chi connectivity index (χ1n) is 7.58. The highest BCUT2D eigenvalue weighted by Gasteiger charge is 2.26. The second-order valence-electron chi connectivity index (χ2n) is 5.69. The van der Waals surface area contributed by atoms with Gasteiger partial charge < -0.3 is 15.4 Å². The molecule has 0 aromatic heterocycles. The zero-order chi connectivity index (χ0) is 17.1. The first-order valence-corrected chi connectivity index (χ1v) is 7.58. The second kappa shape index (κ2) is 10.8. The Kier molecular flexibility index (Phi) is 9.91. The molecule has 0 radical (unpaired) electrons. The molecule has 0 aliphatic rings. The predicted octanol–water partition coefficient (Wildman–Crippen LogP) is 1.55. The van der Waals surface area contributed by atoms with E-state index in [9.17, 15) is 14.4 Å². The lowest BCUT2D eigenvalue weighted by atomic mass is 10.0. The van der Waals surface area contributed by atoms with E-state index in [-0.39, 0.29) is 17.7 Å². The van der Waals surface area contributed by atoms with Gasteiger partial charge in [-0.3, -0.25) is 9.59 Å². The SMILES string of the molecule is C=CCCC[C@H](NC(=O)[C@H](CC(C)C)NC(C)=O)C(=O)OC. The number of carbonyl (C=O) groups is 3. The van der Waals surface area contributed by atoms with Gasteiger partial charge in [0.05, 0.1) is 7.11 Å². The summed E-state index contributed by atoms with van der Waals surface area (Å²) in [6.07, 6.45) is 4.21. The quantitative estimate of drug-likeness (QED) is 0.364. The van der Waals surface area contributed by atoms with Gasteiger partial charge in [0.25, 0.3) is 0 Å². The van der Waals surface area contributed by atoms with Crippen LogP contribution in [0.2, 0.25) is 0 Å². The summed E-state index contributed by atoms with van der Waals surface area (Å²) in [7, 11) is 1.29. The number of ether oxygens (including phenoxy) is 1. The van der Waals surface area contributed by atoms with Crippen molar-refractivity contribution < 1.29 is 19.1 Å². The van der Waals surface area contributed by atoms with Crippen molar-refractivity contribution in [1.82, 2.24) is 10.6 Å². The van der Waals surface area contributed by atoms with Gasteiger partial charge in [0.2, 0.25) is 11.8 Å². The van der Waals surface area contributed by atoms with Crippen molar-refractivity contribution in [1.29, 1.82) is 0 Å². The zero-order valence-electron chi connectivity index (χ0n) is 14.0. The maximum Gasteiger partial charge on any atom is 0.328 e. The maximum atomic E-state index is 12.3. The fourth-order valence-electron chi connectivity index (χ4n) is 2.08. The number of rotatable bonds is 10. The summed E-state index contributed by atoms with van der Waals surface area (Å²) in [5, 5.41) is 5.30. The van der Waals surface area contributed by atoms with E-state index in [1.165, 1.54) is 14.0 Å². The molecule has 2 amide bonds. The Hall–Kier alpha value is -1.85.